The number of hydroxylamine groups is 1. The summed E-state index contributed by atoms with van der Waals surface area (Å²) >= 11 is 6.53. The maximum absolute atomic E-state index is 12.7. The molecule has 0 saturated carbocycles. The molecule has 3 rings (SSSR count). The van der Waals surface area contributed by atoms with Crippen LogP contribution < -0.4 is 10.8 Å². The van der Waals surface area contributed by atoms with Gasteiger partial charge < -0.3 is 9.88 Å². The van der Waals surface area contributed by atoms with Crippen LogP contribution in [0.15, 0.2) is 42.5 Å². The predicted octanol–water partition coefficient (Wildman–Crippen LogP) is 4.47. The van der Waals surface area contributed by atoms with Gasteiger partial charge in [-0.3, -0.25) is 14.8 Å². The number of carbonyl (C=O) groups excluding carboxylic acids is 2. The summed E-state index contributed by atoms with van der Waals surface area (Å²) in [6, 6.07) is 14.4. The second kappa shape index (κ2) is 11.3. The predicted molar refractivity (Wildman–Crippen MR) is 129 cm³/mol. The molecule has 0 spiro atoms. The van der Waals surface area contributed by atoms with Crippen LogP contribution in [0.4, 0.5) is 0 Å². The van der Waals surface area contributed by atoms with Gasteiger partial charge in [0, 0.05) is 13.0 Å². The average molecular weight is 471 g/mol. The van der Waals surface area contributed by atoms with E-state index < -0.39 is 17.7 Å². The van der Waals surface area contributed by atoms with Crippen LogP contribution in [-0.2, 0) is 29.1 Å². The molecule has 3 aromatic rings. The first-order valence-electron chi connectivity index (χ1n) is 11.3. The monoisotopic (exact) mass is 470 g/mol. The van der Waals surface area contributed by atoms with Crippen LogP contribution in [0.5, 0.6) is 0 Å². The SMILES string of the molecule is CCCCc1nc(Cl)c(CNC(=O)C(C(=O)NO)C(C)C)n1Cc1cccc2ccccc12. The Hall–Kier alpha value is -2.90. The first-order valence-corrected chi connectivity index (χ1v) is 11.7. The fourth-order valence-electron chi connectivity index (χ4n) is 4.06. The largest absolute Gasteiger partial charge is 0.350 e. The number of benzene rings is 2. The Kier molecular flexibility index (Phi) is 8.47. The van der Waals surface area contributed by atoms with E-state index in [0.717, 1.165) is 41.4 Å². The lowest BCUT2D eigenvalue weighted by Crippen LogP contribution is -2.43. The number of fused-ring (bicyclic) bond motifs is 1. The van der Waals surface area contributed by atoms with Gasteiger partial charge in [-0.15, -0.1) is 0 Å². The molecular formula is C25H31ClN4O3. The van der Waals surface area contributed by atoms with Gasteiger partial charge in [0.2, 0.25) is 5.91 Å². The number of halogens is 1. The Balaban J connectivity index is 1.92. The molecular weight excluding hydrogens is 440 g/mol. The molecule has 0 fully saturated rings. The number of amides is 2. The molecule has 0 aliphatic heterocycles. The molecule has 0 aliphatic carbocycles. The van der Waals surface area contributed by atoms with Crippen LogP contribution in [0.1, 0.15) is 50.7 Å². The quantitative estimate of drug-likeness (QED) is 0.231. The molecule has 176 valence electrons. The smallest absolute Gasteiger partial charge is 0.256 e. The van der Waals surface area contributed by atoms with Crippen molar-refractivity contribution >= 4 is 34.2 Å². The summed E-state index contributed by atoms with van der Waals surface area (Å²) in [7, 11) is 0. The van der Waals surface area contributed by atoms with Crippen molar-refractivity contribution in [3.63, 3.8) is 0 Å². The highest BCUT2D eigenvalue weighted by molar-refractivity contribution is 6.30. The summed E-state index contributed by atoms with van der Waals surface area (Å²) in [6.45, 7) is 6.32. The minimum Gasteiger partial charge on any atom is -0.350 e. The second-order valence-corrected chi connectivity index (χ2v) is 8.87. The minimum atomic E-state index is -1.01. The molecule has 8 heteroatoms. The lowest BCUT2D eigenvalue weighted by molar-refractivity contribution is -0.142. The summed E-state index contributed by atoms with van der Waals surface area (Å²) in [6.07, 6.45) is 2.77. The molecule has 0 aliphatic rings. The zero-order valence-corrected chi connectivity index (χ0v) is 20.0. The highest BCUT2D eigenvalue weighted by atomic mass is 35.5. The zero-order chi connectivity index (χ0) is 24.0. The van der Waals surface area contributed by atoms with Gasteiger partial charge in [0.15, 0.2) is 5.15 Å². The molecule has 7 nitrogen and oxygen atoms in total. The maximum Gasteiger partial charge on any atom is 0.256 e. The topological polar surface area (TPSA) is 96.2 Å². The zero-order valence-electron chi connectivity index (χ0n) is 19.3. The van der Waals surface area contributed by atoms with Gasteiger partial charge in [-0.05, 0) is 28.7 Å². The van der Waals surface area contributed by atoms with Gasteiger partial charge in [-0.1, -0.05) is 81.3 Å². The van der Waals surface area contributed by atoms with E-state index in [0.29, 0.717) is 17.4 Å². The van der Waals surface area contributed by atoms with E-state index in [-0.39, 0.29) is 12.5 Å². The van der Waals surface area contributed by atoms with E-state index in [2.05, 4.69) is 46.1 Å². The summed E-state index contributed by atoms with van der Waals surface area (Å²) in [5.41, 5.74) is 3.40. The van der Waals surface area contributed by atoms with E-state index in [4.69, 9.17) is 16.8 Å². The molecule has 2 amide bonds. The number of hydrogen-bond donors (Lipinski definition) is 3. The number of nitrogens with one attached hydrogen (secondary N) is 2. The van der Waals surface area contributed by atoms with Crippen molar-refractivity contribution < 1.29 is 14.8 Å². The number of imidazole rings is 1. The van der Waals surface area contributed by atoms with E-state index in [1.165, 1.54) is 0 Å². The third kappa shape index (κ3) is 5.72. The van der Waals surface area contributed by atoms with Crippen molar-refractivity contribution in [3.8, 4) is 0 Å². The van der Waals surface area contributed by atoms with Crippen LogP contribution >= 0.6 is 11.6 Å². The molecule has 1 aromatic heterocycles. The maximum atomic E-state index is 12.7. The van der Waals surface area contributed by atoms with Crippen LogP contribution in [-0.4, -0.2) is 26.6 Å². The Bertz CT molecular complexity index is 1120. The molecule has 0 saturated heterocycles. The number of carbonyl (C=O) groups is 2. The third-order valence-electron chi connectivity index (χ3n) is 5.84. The molecule has 2 aromatic carbocycles. The first kappa shape index (κ1) is 24.7. The fourth-order valence-corrected chi connectivity index (χ4v) is 4.33. The number of rotatable bonds is 10. The number of aryl methyl sites for hydroxylation is 1. The summed E-state index contributed by atoms with van der Waals surface area (Å²) in [5.74, 6) is -1.63. The third-order valence-corrected chi connectivity index (χ3v) is 6.14. The van der Waals surface area contributed by atoms with Gasteiger partial charge in [0.25, 0.3) is 5.91 Å². The van der Waals surface area contributed by atoms with E-state index >= 15 is 0 Å². The summed E-state index contributed by atoms with van der Waals surface area (Å²) < 4.78 is 2.07. The Morgan fingerprint density at radius 2 is 1.85 bits per heavy atom. The lowest BCUT2D eigenvalue weighted by atomic mass is 9.94. The van der Waals surface area contributed by atoms with Crippen LogP contribution in [0.25, 0.3) is 10.8 Å². The molecule has 1 heterocycles. The van der Waals surface area contributed by atoms with Crippen molar-refractivity contribution in [1.82, 2.24) is 20.3 Å². The van der Waals surface area contributed by atoms with Crippen molar-refractivity contribution in [2.24, 2.45) is 11.8 Å². The normalized spacial score (nSPS) is 12.2. The van der Waals surface area contributed by atoms with E-state index in [9.17, 15) is 9.59 Å². The Morgan fingerprint density at radius 1 is 1.12 bits per heavy atom. The number of hydrogen-bond acceptors (Lipinski definition) is 4. The highest BCUT2D eigenvalue weighted by Crippen LogP contribution is 2.25. The van der Waals surface area contributed by atoms with Crippen molar-refractivity contribution in [1.29, 1.82) is 0 Å². The van der Waals surface area contributed by atoms with E-state index in [1.807, 2.05) is 18.2 Å². The Morgan fingerprint density at radius 3 is 2.55 bits per heavy atom. The molecule has 1 atom stereocenters. The van der Waals surface area contributed by atoms with Gasteiger partial charge >= 0.3 is 0 Å². The van der Waals surface area contributed by atoms with Gasteiger partial charge in [0.1, 0.15) is 11.7 Å². The Labute approximate surface area is 199 Å². The lowest BCUT2D eigenvalue weighted by Gasteiger charge is -2.19. The van der Waals surface area contributed by atoms with E-state index in [1.54, 1.807) is 19.3 Å². The molecule has 0 bridgehead atoms. The average Bonchev–Trinajstić information content (AvgIpc) is 3.10. The second-order valence-electron chi connectivity index (χ2n) is 8.51. The minimum absolute atomic E-state index is 0.128. The van der Waals surface area contributed by atoms with Crippen LogP contribution in [0.2, 0.25) is 5.15 Å². The van der Waals surface area contributed by atoms with Gasteiger partial charge in [-0.2, -0.15) is 0 Å². The molecule has 1 unspecified atom stereocenters. The standard InChI is InChI=1S/C25H31ClN4O3/c1-4-5-13-21-28-23(26)20(14-27-24(31)22(16(2)3)25(32)29-33)30(21)15-18-11-8-10-17-9-6-7-12-19(17)18/h6-12,16,22,33H,4-5,13-15H2,1-3H3,(H,27,31)(H,29,32). The molecule has 33 heavy (non-hydrogen) atoms. The van der Waals surface area contributed by atoms with Crippen molar-refractivity contribution in [2.75, 3.05) is 0 Å². The van der Waals surface area contributed by atoms with Gasteiger partial charge in [0.05, 0.1) is 12.2 Å². The fraction of sp³-hybridized carbons (Fsp3) is 0.400. The van der Waals surface area contributed by atoms with Gasteiger partial charge in [-0.25, -0.2) is 10.5 Å². The first-order chi connectivity index (χ1) is 15.9. The van der Waals surface area contributed by atoms with Crippen molar-refractivity contribution in [2.45, 2.75) is 53.1 Å². The summed E-state index contributed by atoms with van der Waals surface area (Å²) in [4.78, 5) is 29.3. The number of unbranched alkanes of at least 4 members (excludes halogenated alkanes) is 1. The molecule has 0 radical (unpaired) electrons. The van der Waals surface area contributed by atoms with Crippen molar-refractivity contribution in [3.05, 3.63) is 64.7 Å². The number of nitrogens with zero attached hydrogens (tertiary/aromatic N) is 2. The summed E-state index contributed by atoms with van der Waals surface area (Å²) in [5, 5.41) is 14.5. The highest BCUT2D eigenvalue weighted by Gasteiger charge is 2.30. The van der Waals surface area contributed by atoms with Crippen LogP contribution in [0.3, 0.4) is 0 Å². The van der Waals surface area contributed by atoms with Crippen LogP contribution in [0, 0.1) is 11.8 Å². The molecule has 3 N–H and O–H groups in total. The number of aromatic nitrogens is 2.